The van der Waals surface area contributed by atoms with Gasteiger partial charge in [0, 0.05) is 23.5 Å². The fourth-order valence-corrected chi connectivity index (χ4v) is 5.05. The number of benzene rings is 1. The minimum atomic E-state index is -0.698. The van der Waals surface area contributed by atoms with Crippen molar-refractivity contribution in [1.29, 1.82) is 0 Å². The monoisotopic (exact) mass is 339 g/mol. The molecule has 0 bridgehead atoms. The van der Waals surface area contributed by atoms with Gasteiger partial charge in [-0.2, -0.15) is 0 Å². The number of aliphatic carboxylic acids is 1. The maximum Gasteiger partial charge on any atom is 0.304 e. The molecular formula is C22H29NO2. The molecule has 1 aromatic carbocycles. The zero-order valence-corrected chi connectivity index (χ0v) is 15.6. The summed E-state index contributed by atoms with van der Waals surface area (Å²) in [7, 11) is 2.13. The highest BCUT2D eigenvalue weighted by Crippen LogP contribution is 2.51. The van der Waals surface area contributed by atoms with Crippen LogP contribution in [0.3, 0.4) is 0 Å². The first-order valence-corrected chi connectivity index (χ1v) is 9.42. The number of hydrogen-bond donors (Lipinski definition) is 1. The molecule has 0 amide bonds. The molecule has 1 heterocycles. The normalized spacial score (nSPS) is 22.8. The lowest BCUT2D eigenvalue weighted by Crippen LogP contribution is -2.36. The van der Waals surface area contributed by atoms with E-state index in [1.807, 2.05) is 6.08 Å². The summed E-state index contributed by atoms with van der Waals surface area (Å²) in [6, 6.07) is 6.56. The minimum absolute atomic E-state index is 0.211. The second-order valence-electron chi connectivity index (χ2n) is 7.45. The van der Waals surface area contributed by atoms with Crippen LogP contribution in [0, 0.1) is 0 Å². The lowest BCUT2D eigenvalue weighted by atomic mass is 9.65. The molecule has 0 spiro atoms. The zero-order chi connectivity index (χ0) is 18.2. The van der Waals surface area contributed by atoms with Gasteiger partial charge in [-0.05, 0) is 49.1 Å². The van der Waals surface area contributed by atoms with Crippen molar-refractivity contribution in [2.45, 2.75) is 63.7 Å². The summed E-state index contributed by atoms with van der Waals surface area (Å²) in [5.74, 6) is -0.257. The predicted octanol–water partition coefficient (Wildman–Crippen LogP) is 5.32. The molecule has 0 saturated heterocycles. The summed E-state index contributed by atoms with van der Waals surface area (Å²) in [4.78, 5) is 11.7. The van der Waals surface area contributed by atoms with Gasteiger partial charge in [-0.3, -0.25) is 4.79 Å². The van der Waals surface area contributed by atoms with Crippen molar-refractivity contribution in [3.63, 3.8) is 0 Å². The van der Waals surface area contributed by atoms with E-state index in [-0.39, 0.29) is 11.8 Å². The number of allylic oxidation sites excluding steroid dienone is 1. The molecule has 1 N–H and O–H groups in total. The Balaban J connectivity index is 2.37. The number of carboxylic acids is 1. The van der Waals surface area contributed by atoms with Gasteiger partial charge in [0.2, 0.25) is 0 Å². The van der Waals surface area contributed by atoms with Crippen LogP contribution < -0.4 is 0 Å². The highest BCUT2D eigenvalue weighted by Gasteiger charge is 2.43. The second kappa shape index (κ2) is 6.70. The van der Waals surface area contributed by atoms with Gasteiger partial charge in [0.25, 0.3) is 0 Å². The number of nitrogens with zero attached hydrogens (tertiary/aromatic N) is 1. The van der Waals surface area contributed by atoms with E-state index in [1.54, 1.807) is 0 Å². The molecule has 0 aliphatic heterocycles. The van der Waals surface area contributed by atoms with E-state index in [2.05, 4.69) is 50.2 Å². The lowest BCUT2D eigenvalue weighted by molar-refractivity contribution is -0.138. The van der Waals surface area contributed by atoms with Gasteiger partial charge in [-0.25, -0.2) is 0 Å². The second-order valence-corrected chi connectivity index (χ2v) is 7.45. The Morgan fingerprint density at radius 2 is 2.20 bits per heavy atom. The van der Waals surface area contributed by atoms with Crippen molar-refractivity contribution < 1.29 is 9.90 Å². The molecule has 134 valence electrons. The van der Waals surface area contributed by atoms with Gasteiger partial charge in [0.1, 0.15) is 0 Å². The average Bonchev–Trinajstić information content (AvgIpc) is 2.91. The number of fused-ring (bicyclic) bond motifs is 3. The van der Waals surface area contributed by atoms with Crippen LogP contribution in [0.4, 0.5) is 0 Å². The van der Waals surface area contributed by atoms with Crippen molar-refractivity contribution in [3.05, 3.63) is 47.7 Å². The summed E-state index contributed by atoms with van der Waals surface area (Å²) in [6.07, 6.45) is 6.99. The Kier molecular flexibility index (Phi) is 4.77. The number of carbonyl (C=O) groups is 1. The van der Waals surface area contributed by atoms with Crippen molar-refractivity contribution in [2.24, 2.45) is 7.05 Å². The zero-order valence-electron chi connectivity index (χ0n) is 15.6. The highest BCUT2D eigenvalue weighted by molar-refractivity contribution is 5.90. The Labute approximate surface area is 150 Å². The quantitative estimate of drug-likeness (QED) is 0.724. The Hall–Kier alpha value is -2.03. The van der Waals surface area contributed by atoms with Crippen LogP contribution >= 0.6 is 0 Å². The van der Waals surface area contributed by atoms with Crippen LogP contribution in [-0.4, -0.2) is 15.6 Å². The van der Waals surface area contributed by atoms with Crippen LogP contribution in [0.5, 0.6) is 0 Å². The first-order valence-electron chi connectivity index (χ1n) is 9.42. The number of aryl methyl sites for hydroxylation is 2. The SMILES string of the molecule is C=CCC1CCC(CC)(CC(=O)O)c2c1c1cccc(CC)c1n2C. The third-order valence-electron chi connectivity index (χ3n) is 6.22. The molecule has 1 aromatic heterocycles. The third-order valence-corrected chi connectivity index (χ3v) is 6.22. The van der Waals surface area contributed by atoms with Crippen LogP contribution in [0.2, 0.25) is 0 Å². The van der Waals surface area contributed by atoms with E-state index in [0.717, 1.165) is 32.1 Å². The Morgan fingerprint density at radius 1 is 1.44 bits per heavy atom. The molecule has 3 heteroatoms. The van der Waals surface area contributed by atoms with Gasteiger partial charge in [-0.1, -0.05) is 38.1 Å². The summed E-state index contributed by atoms with van der Waals surface area (Å²) in [6.45, 7) is 8.28. The molecule has 0 saturated carbocycles. The first kappa shape index (κ1) is 17.8. The molecular weight excluding hydrogens is 310 g/mol. The number of para-hydroxylation sites is 1. The fraction of sp³-hybridized carbons (Fsp3) is 0.500. The van der Waals surface area contributed by atoms with Crippen LogP contribution in [0.1, 0.15) is 68.7 Å². The van der Waals surface area contributed by atoms with Crippen LogP contribution in [-0.2, 0) is 23.7 Å². The van der Waals surface area contributed by atoms with E-state index >= 15 is 0 Å². The van der Waals surface area contributed by atoms with E-state index < -0.39 is 5.97 Å². The molecule has 0 fully saturated rings. The molecule has 1 aliphatic carbocycles. The first-order chi connectivity index (χ1) is 12.0. The number of aromatic nitrogens is 1. The molecule has 3 rings (SSSR count). The Morgan fingerprint density at radius 3 is 2.80 bits per heavy atom. The van der Waals surface area contributed by atoms with Crippen molar-refractivity contribution in [3.8, 4) is 0 Å². The molecule has 25 heavy (non-hydrogen) atoms. The predicted molar refractivity (Wildman–Crippen MR) is 103 cm³/mol. The van der Waals surface area contributed by atoms with Gasteiger partial charge >= 0.3 is 5.97 Å². The third kappa shape index (κ3) is 2.70. The summed E-state index contributed by atoms with van der Waals surface area (Å²) in [5.41, 5.74) is 4.99. The van der Waals surface area contributed by atoms with E-state index in [4.69, 9.17) is 0 Å². The molecule has 2 unspecified atom stereocenters. The van der Waals surface area contributed by atoms with Gasteiger partial charge in [0.05, 0.1) is 11.9 Å². The maximum absolute atomic E-state index is 11.7. The number of hydrogen-bond acceptors (Lipinski definition) is 1. The van der Waals surface area contributed by atoms with Crippen molar-refractivity contribution >= 4 is 16.9 Å². The van der Waals surface area contributed by atoms with E-state index in [0.29, 0.717) is 5.92 Å². The van der Waals surface area contributed by atoms with E-state index in [9.17, 15) is 9.90 Å². The standard InChI is InChI=1S/C22H29NO2/c1-5-9-16-12-13-22(7-3,14-18(24)25)21-19(16)17-11-8-10-15(6-2)20(17)23(21)4/h5,8,10-11,16H,1,6-7,9,12-14H2,2-4H3,(H,24,25). The minimum Gasteiger partial charge on any atom is -0.481 e. The van der Waals surface area contributed by atoms with Gasteiger partial charge in [-0.15, -0.1) is 6.58 Å². The lowest BCUT2D eigenvalue weighted by Gasteiger charge is -2.40. The summed E-state index contributed by atoms with van der Waals surface area (Å²) < 4.78 is 2.31. The summed E-state index contributed by atoms with van der Waals surface area (Å²) >= 11 is 0. The van der Waals surface area contributed by atoms with Crippen molar-refractivity contribution in [1.82, 2.24) is 4.57 Å². The molecule has 0 radical (unpaired) electrons. The topological polar surface area (TPSA) is 42.2 Å². The van der Waals surface area contributed by atoms with Crippen molar-refractivity contribution in [2.75, 3.05) is 0 Å². The molecule has 3 nitrogen and oxygen atoms in total. The van der Waals surface area contributed by atoms with Gasteiger partial charge < -0.3 is 9.67 Å². The smallest absolute Gasteiger partial charge is 0.304 e. The Bertz CT molecular complexity index is 817. The molecule has 1 aliphatic rings. The highest BCUT2D eigenvalue weighted by atomic mass is 16.4. The van der Waals surface area contributed by atoms with Crippen LogP contribution in [0.15, 0.2) is 30.9 Å². The maximum atomic E-state index is 11.7. The largest absolute Gasteiger partial charge is 0.481 e. The average molecular weight is 339 g/mol. The summed E-state index contributed by atoms with van der Waals surface area (Å²) in [5, 5.41) is 10.9. The van der Waals surface area contributed by atoms with E-state index in [1.165, 1.54) is 27.7 Å². The fourth-order valence-electron chi connectivity index (χ4n) is 5.05. The van der Waals surface area contributed by atoms with Crippen LogP contribution in [0.25, 0.3) is 10.9 Å². The number of rotatable bonds is 6. The number of carboxylic acid groups (broad SMARTS) is 1. The molecule has 2 atom stereocenters. The van der Waals surface area contributed by atoms with Gasteiger partial charge in [0.15, 0.2) is 0 Å². The molecule has 2 aromatic rings.